The smallest absolute Gasteiger partial charge is 0.0994 e. The van der Waals surface area contributed by atoms with E-state index in [1.165, 1.54) is 5.69 Å². The quantitative estimate of drug-likeness (QED) is 0.906. The summed E-state index contributed by atoms with van der Waals surface area (Å²) in [7, 11) is 0. The minimum absolute atomic E-state index is 0.123. The lowest BCUT2D eigenvalue weighted by Crippen LogP contribution is -2.27. The van der Waals surface area contributed by atoms with Gasteiger partial charge in [-0.05, 0) is 41.0 Å². The van der Waals surface area contributed by atoms with Gasteiger partial charge in [0.25, 0.3) is 0 Å². The molecular formula is C14H15BrClN3. The highest BCUT2D eigenvalue weighted by molar-refractivity contribution is 9.10. The van der Waals surface area contributed by atoms with E-state index in [1.807, 2.05) is 30.7 Å². The van der Waals surface area contributed by atoms with Crippen LogP contribution in [-0.4, -0.2) is 22.6 Å². The van der Waals surface area contributed by atoms with Crippen LogP contribution >= 0.6 is 27.5 Å². The Bertz CT molecular complexity index is 602. The second-order valence-corrected chi connectivity index (χ2v) is 6.41. The molecule has 0 amide bonds. The zero-order valence-electron chi connectivity index (χ0n) is 10.7. The van der Waals surface area contributed by atoms with Crippen LogP contribution in [0.1, 0.15) is 19.0 Å². The molecule has 5 heteroatoms. The lowest BCUT2D eigenvalue weighted by molar-refractivity contribution is 0.498. The molecule has 1 unspecified atom stereocenters. The highest BCUT2D eigenvalue weighted by Gasteiger charge is 2.33. The van der Waals surface area contributed by atoms with Crippen molar-refractivity contribution in [3.05, 3.63) is 45.9 Å². The summed E-state index contributed by atoms with van der Waals surface area (Å²) in [6, 6.07) is 5.89. The van der Waals surface area contributed by atoms with Crippen LogP contribution in [0.2, 0.25) is 5.02 Å². The van der Waals surface area contributed by atoms with E-state index in [2.05, 4.69) is 37.7 Å². The second-order valence-electron chi connectivity index (χ2n) is 5.21. The van der Waals surface area contributed by atoms with Gasteiger partial charge >= 0.3 is 0 Å². The summed E-state index contributed by atoms with van der Waals surface area (Å²) in [5, 5.41) is 4.14. The van der Waals surface area contributed by atoms with E-state index in [0.717, 1.165) is 29.7 Å². The van der Waals surface area contributed by atoms with Gasteiger partial charge in [0, 0.05) is 23.9 Å². The third-order valence-corrected chi connectivity index (χ3v) is 5.19. The maximum atomic E-state index is 6.18. The zero-order valence-corrected chi connectivity index (χ0v) is 13.0. The number of hydrogen-bond acceptors (Lipinski definition) is 2. The van der Waals surface area contributed by atoms with Gasteiger partial charge in [0.2, 0.25) is 0 Å². The van der Waals surface area contributed by atoms with Crippen LogP contribution < -0.4 is 5.32 Å². The average Bonchev–Trinajstić information content (AvgIpc) is 3.02. The van der Waals surface area contributed by atoms with Crippen molar-refractivity contribution in [3.63, 3.8) is 0 Å². The molecule has 0 radical (unpaired) electrons. The lowest BCUT2D eigenvalue weighted by atomic mass is 9.86. The summed E-state index contributed by atoms with van der Waals surface area (Å²) >= 11 is 9.75. The number of hydrogen-bond donors (Lipinski definition) is 1. The highest BCUT2D eigenvalue weighted by atomic mass is 79.9. The van der Waals surface area contributed by atoms with Gasteiger partial charge < -0.3 is 9.88 Å². The Morgan fingerprint density at radius 2 is 2.32 bits per heavy atom. The number of imidazole rings is 1. The van der Waals surface area contributed by atoms with Crippen LogP contribution in [0.5, 0.6) is 0 Å². The lowest BCUT2D eigenvalue weighted by Gasteiger charge is -2.24. The van der Waals surface area contributed by atoms with E-state index in [4.69, 9.17) is 11.6 Å². The molecule has 2 heterocycles. The molecule has 0 aliphatic carbocycles. The van der Waals surface area contributed by atoms with Gasteiger partial charge in [0.1, 0.15) is 0 Å². The summed E-state index contributed by atoms with van der Waals surface area (Å²) in [5.41, 5.74) is 2.38. The Hall–Kier alpha value is -0.840. The van der Waals surface area contributed by atoms with Gasteiger partial charge in [-0.25, -0.2) is 4.98 Å². The molecule has 100 valence electrons. The van der Waals surface area contributed by atoms with Crippen molar-refractivity contribution in [3.8, 4) is 5.69 Å². The molecule has 1 aromatic carbocycles. The van der Waals surface area contributed by atoms with Crippen LogP contribution in [0.15, 0.2) is 35.2 Å². The van der Waals surface area contributed by atoms with Gasteiger partial charge in [-0.15, -0.1) is 0 Å². The van der Waals surface area contributed by atoms with Crippen LogP contribution in [-0.2, 0) is 5.41 Å². The first-order valence-corrected chi connectivity index (χ1v) is 7.47. The maximum absolute atomic E-state index is 6.18. The molecule has 1 aliphatic rings. The van der Waals surface area contributed by atoms with E-state index in [0.29, 0.717) is 5.02 Å². The molecule has 1 aromatic heterocycles. The maximum Gasteiger partial charge on any atom is 0.0994 e. The van der Waals surface area contributed by atoms with Gasteiger partial charge in [0.15, 0.2) is 0 Å². The minimum atomic E-state index is 0.123. The van der Waals surface area contributed by atoms with Crippen molar-refractivity contribution < 1.29 is 0 Å². The fourth-order valence-corrected chi connectivity index (χ4v) is 3.27. The van der Waals surface area contributed by atoms with Crippen molar-refractivity contribution in [2.24, 2.45) is 0 Å². The van der Waals surface area contributed by atoms with E-state index >= 15 is 0 Å². The molecule has 2 aromatic rings. The summed E-state index contributed by atoms with van der Waals surface area (Å²) in [5.74, 6) is 0. The molecule has 3 nitrogen and oxygen atoms in total. The normalized spacial score (nSPS) is 22.9. The number of nitrogens with one attached hydrogen (secondary N) is 1. The largest absolute Gasteiger partial charge is 0.316 e. The Labute approximate surface area is 126 Å². The predicted octanol–water partition coefficient (Wildman–Crippen LogP) is 3.54. The fraction of sp³-hybridized carbons (Fsp3) is 0.357. The molecule has 1 atom stereocenters. The summed E-state index contributed by atoms with van der Waals surface area (Å²) < 4.78 is 3.04. The molecule has 1 saturated heterocycles. The standard InChI is InChI=1S/C14H15BrClN3/c1-14(5-6-17-8-14)12-7-18-9-19(12)11-4-2-3-10(16)13(11)15/h2-4,7,9,17H,5-6,8H2,1H3. The zero-order chi connectivity index (χ0) is 13.5. The second kappa shape index (κ2) is 4.93. The van der Waals surface area contributed by atoms with Crippen LogP contribution in [0.4, 0.5) is 0 Å². The molecule has 0 bridgehead atoms. The van der Waals surface area contributed by atoms with Gasteiger partial charge in [-0.3, -0.25) is 0 Å². The van der Waals surface area contributed by atoms with Gasteiger partial charge in [-0.2, -0.15) is 0 Å². The molecule has 1 fully saturated rings. The molecule has 1 N–H and O–H groups in total. The average molecular weight is 341 g/mol. The Morgan fingerprint density at radius 3 is 3.05 bits per heavy atom. The Kier molecular flexibility index (Phi) is 3.41. The number of halogens is 2. The van der Waals surface area contributed by atoms with E-state index in [-0.39, 0.29) is 5.41 Å². The number of nitrogens with zero attached hydrogens (tertiary/aromatic N) is 2. The van der Waals surface area contributed by atoms with E-state index < -0.39 is 0 Å². The first-order valence-electron chi connectivity index (χ1n) is 6.30. The van der Waals surface area contributed by atoms with Gasteiger partial charge in [0.05, 0.1) is 21.5 Å². The monoisotopic (exact) mass is 339 g/mol. The Balaban J connectivity index is 2.12. The molecule has 19 heavy (non-hydrogen) atoms. The van der Waals surface area contributed by atoms with Crippen LogP contribution in [0, 0.1) is 0 Å². The number of rotatable bonds is 2. The fourth-order valence-electron chi connectivity index (χ4n) is 2.65. The van der Waals surface area contributed by atoms with Crippen molar-refractivity contribution >= 4 is 27.5 Å². The summed E-state index contributed by atoms with van der Waals surface area (Å²) in [6.07, 6.45) is 4.94. The van der Waals surface area contributed by atoms with Crippen molar-refractivity contribution in [2.75, 3.05) is 13.1 Å². The van der Waals surface area contributed by atoms with Crippen LogP contribution in [0.3, 0.4) is 0 Å². The highest BCUT2D eigenvalue weighted by Crippen LogP contribution is 2.35. The third-order valence-electron chi connectivity index (χ3n) is 3.82. The van der Waals surface area contributed by atoms with Crippen molar-refractivity contribution in [1.29, 1.82) is 0 Å². The molecule has 0 saturated carbocycles. The topological polar surface area (TPSA) is 29.9 Å². The molecule has 1 aliphatic heterocycles. The first kappa shape index (κ1) is 13.2. The van der Waals surface area contributed by atoms with Crippen molar-refractivity contribution in [1.82, 2.24) is 14.9 Å². The van der Waals surface area contributed by atoms with Crippen molar-refractivity contribution in [2.45, 2.75) is 18.8 Å². The first-order chi connectivity index (χ1) is 9.12. The number of aromatic nitrogens is 2. The minimum Gasteiger partial charge on any atom is -0.316 e. The summed E-state index contributed by atoms with van der Waals surface area (Å²) in [6.45, 7) is 4.31. The van der Waals surface area contributed by atoms with E-state index in [1.54, 1.807) is 0 Å². The SMILES string of the molecule is CC1(c2cncn2-c2cccc(Cl)c2Br)CCNC1. The molecule has 3 rings (SSSR count). The Morgan fingerprint density at radius 1 is 1.47 bits per heavy atom. The molecule has 0 spiro atoms. The summed E-state index contributed by atoms with van der Waals surface area (Å²) in [4.78, 5) is 4.33. The third kappa shape index (κ3) is 2.22. The van der Waals surface area contributed by atoms with Gasteiger partial charge in [-0.1, -0.05) is 24.6 Å². The molecular weight excluding hydrogens is 326 g/mol. The van der Waals surface area contributed by atoms with Crippen LogP contribution in [0.25, 0.3) is 5.69 Å². The number of benzene rings is 1. The van der Waals surface area contributed by atoms with E-state index in [9.17, 15) is 0 Å². The predicted molar refractivity (Wildman–Crippen MR) is 81.1 cm³/mol.